The van der Waals surface area contributed by atoms with Crippen molar-refractivity contribution in [2.45, 2.75) is 32.2 Å². The average molecular weight is 235 g/mol. The molecule has 0 aromatic carbocycles. The smallest absolute Gasteiger partial charge is 0.268 e. The van der Waals surface area contributed by atoms with Gasteiger partial charge < -0.3 is 9.69 Å². The van der Waals surface area contributed by atoms with Gasteiger partial charge in [-0.05, 0) is 19.3 Å². The van der Waals surface area contributed by atoms with Gasteiger partial charge in [0.1, 0.15) is 6.29 Å². The lowest BCUT2D eigenvalue weighted by atomic mass is 10.1. The minimum atomic E-state index is -0.130. The van der Waals surface area contributed by atoms with E-state index >= 15 is 0 Å². The number of piperidine rings is 1. The van der Waals surface area contributed by atoms with Crippen molar-refractivity contribution in [1.29, 1.82) is 0 Å². The van der Waals surface area contributed by atoms with E-state index in [0.717, 1.165) is 25.1 Å². The summed E-state index contributed by atoms with van der Waals surface area (Å²) in [5.74, 6) is 0. The molecule has 0 amide bonds. The molecule has 0 saturated carbocycles. The maximum absolute atomic E-state index is 11.7. The van der Waals surface area contributed by atoms with Crippen LogP contribution >= 0.6 is 0 Å². The average Bonchev–Trinajstić information content (AvgIpc) is 2.38. The summed E-state index contributed by atoms with van der Waals surface area (Å²) in [4.78, 5) is 24.2. The zero-order valence-electron chi connectivity index (χ0n) is 9.84. The van der Waals surface area contributed by atoms with Crippen molar-refractivity contribution in [3.05, 3.63) is 22.6 Å². The van der Waals surface area contributed by atoms with Crippen LogP contribution in [0.4, 0.5) is 5.69 Å². The quantitative estimate of drug-likeness (QED) is 0.725. The van der Waals surface area contributed by atoms with Crippen molar-refractivity contribution >= 4 is 12.0 Å². The molecule has 0 N–H and O–H groups in total. The third-order valence-electron chi connectivity index (χ3n) is 3.04. The number of aldehydes is 1. The molecule has 0 bridgehead atoms. The van der Waals surface area contributed by atoms with E-state index in [-0.39, 0.29) is 5.56 Å². The lowest BCUT2D eigenvalue weighted by molar-refractivity contribution is -0.108. The molecule has 1 aromatic heterocycles. The Morgan fingerprint density at radius 1 is 1.29 bits per heavy atom. The second kappa shape index (κ2) is 5.61. The van der Waals surface area contributed by atoms with Crippen LogP contribution in [0.3, 0.4) is 0 Å². The molecule has 0 unspecified atom stereocenters. The van der Waals surface area contributed by atoms with Crippen LogP contribution in [0.15, 0.2) is 17.1 Å². The van der Waals surface area contributed by atoms with Gasteiger partial charge in [0.25, 0.3) is 5.56 Å². The number of hydrogen-bond donors (Lipinski definition) is 0. The number of carbonyl (C=O) groups excluding carboxylic acids is 1. The summed E-state index contributed by atoms with van der Waals surface area (Å²) in [6.07, 6.45) is 6.46. The van der Waals surface area contributed by atoms with Gasteiger partial charge in [-0.3, -0.25) is 4.79 Å². The Bertz CT molecular complexity index is 436. The minimum absolute atomic E-state index is 0.130. The Kier molecular flexibility index (Phi) is 3.90. The molecular weight excluding hydrogens is 218 g/mol. The first-order chi connectivity index (χ1) is 8.31. The Labute approximate surface area is 100 Å². The van der Waals surface area contributed by atoms with Gasteiger partial charge in [-0.1, -0.05) is 0 Å². The molecular formula is C12H17N3O2. The first-order valence-electron chi connectivity index (χ1n) is 6.07. The predicted octanol–water partition coefficient (Wildman–Crippen LogP) is 0.823. The lowest BCUT2D eigenvalue weighted by Gasteiger charge is -2.28. The number of anilines is 1. The van der Waals surface area contributed by atoms with Gasteiger partial charge in [-0.25, -0.2) is 4.68 Å². The Balaban J connectivity index is 2.12. The molecule has 1 fully saturated rings. The van der Waals surface area contributed by atoms with E-state index in [1.54, 1.807) is 12.3 Å². The number of aromatic nitrogens is 2. The number of aryl methyl sites for hydroxylation is 1. The standard InChI is InChI=1S/C12H17N3O2/c16-8-4-7-15-12(17)9-11(10-13-15)14-5-2-1-3-6-14/h8-10H,1-7H2. The summed E-state index contributed by atoms with van der Waals surface area (Å²) in [5.41, 5.74) is 0.770. The van der Waals surface area contributed by atoms with Gasteiger partial charge in [-0.15, -0.1) is 0 Å². The summed E-state index contributed by atoms with van der Waals surface area (Å²) >= 11 is 0. The van der Waals surface area contributed by atoms with E-state index in [9.17, 15) is 9.59 Å². The van der Waals surface area contributed by atoms with Crippen molar-refractivity contribution in [1.82, 2.24) is 9.78 Å². The zero-order chi connectivity index (χ0) is 12.1. The van der Waals surface area contributed by atoms with Gasteiger partial charge in [0.05, 0.1) is 18.4 Å². The van der Waals surface area contributed by atoms with E-state index in [1.807, 2.05) is 0 Å². The fourth-order valence-electron chi connectivity index (χ4n) is 2.09. The van der Waals surface area contributed by atoms with Gasteiger partial charge in [0.2, 0.25) is 0 Å². The first kappa shape index (κ1) is 11.8. The lowest BCUT2D eigenvalue weighted by Crippen LogP contribution is -2.32. The van der Waals surface area contributed by atoms with Crippen LogP contribution < -0.4 is 10.5 Å². The molecule has 0 radical (unpaired) electrons. The summed E-state index contributed by atoms with van der Waals surface area (Å²) in [6.45, 7) is 2.36. The molecule has 17 heavy (non-hydrogen) atoms. The molecule has 1 aromatic rings. The molecule has 5 heteroatoms. The summed E-state index contributed by atoms with van der Waals surface area (Å²) in [6, 6.07) is 1.61. The van der Waals surface area contributed by atoms with Gasteiger partial charge in [-0.2, -0.15) is 5.10 Å². The molecule has 92 valence electrons. The third kappa shape index (κ3) is 2.93. The number of carbonyl (C=O) groups is 1. The topological polar surface area (TPSA) is 55.2 Å². The van der Waals surface area contributed by atoms with Crippen LogP contribution in [-0.2, 0) is 11.3 Å². The van der Waals surface area contributed by atoms with Crippen LogP contribution in [0, 0.1) is 0 Å². The predicted molar refractivity (Wildman–Crippen MR) is 65.2 cm³/mol. The van der Waals surface area contributed by atoms with Crippen LogP contribution in [0.25, 0.3) is 0 Å². The fraction of sp³-hybridized carbons (Fsp3) is 0.583. The Morgan fingerprint density at radius 2 is 2.06 bits per heavy atom. The van der Waals surface area contributed by atoms with Crippen molar-refractivity contribution < 1.29 is 4.79 Å². The van der Waals surface area contributed by atoms with Gasteiger partial charge in [0, 0.05) is 25.6 Å². The molecule has 1 aliphatic heterocycles. The SMILES string of the molecule is O=CCCn1ncc(N2CCCCC2)cc1=O. The molecule has 1 saturated heterocycles. The van der Waals surface area contributed by atoms with E-state index in [4.69, 9.17) is 0 Å². The third-order valence-corrected chi connectivity index (χ3v) is 3.04. The summed E-state index contributed by atoms with van der Waals surface area (Å²) in [5, 5.41) is 4.09. The van der Waals surface area contributed by atoms with Gasteiger partial charge in [0.15, 0.2) is 0 Å². The summed E-state index contributed by atoms with van der Waals surface area (Å²) in [7, 11) is 0. The van der Waals surface area contributed by atoms with Crippen molar-refractivity contribution in [2.24, 2.45) is 0 Å². The Morgan fingerprint density at radius 3 is 2.71 bits per heavy atom. The monoisotopic (exact) mass is 235 g/mol. The maximum atomic E-state index is 11.7. The molecule has 2 heterocycles. The van der Waals surface area contributed by atoms with Crippen LogP contribution in [0.2, 0.25) is 0 Å². The first-order valence-corrected chi connectivity index (χ1v) is 6.07. The number of nitrogens with zero attached hydrogens (tertiary/aromatic N) is 3. The molecule has 2 rings (SSSR count). The second-order valence-corrected chi connectivity index (χ2v) is 4.28. The molecule has 0 spiro atoms. The zero-order valence-corrected chi connectivity index (χ0v) is 9.84. The highest BCUT2D eigenvalue weighted by Crippen LogP contribution is 2.16. The van der Waals surface area contributed by atoms with Gasteiger partial charge >= 0.3 is 0 Å². The highest BCUT2D eigenvalue weighted by molar-refractivity contribution is 5.49. The normalized spacial score (nSPS) is 15.9. The van der Waals surface area contributed by atoms with Crippen LogP contribution in [-0.4, -0.2) is 29.2 Å². The second-order valence-electron chi connectivity index (χ2n) is 4.28. The molecule has 0 aliphatic carbocycles. The van der Waals surface area contributed by atoms with Crippen LogP contribution in [0.5, 0.6) is 0 Å². The van der Waals surface area contributed by atoms with Crippen molar-refractivity contribution in [2.75, 3.05) is 18.0 Å². The summed E-state index contributed by atoms with van der Waals surface area (Å²) < 4.78 is 1.34. The highest BCUT2D eigenvalue weighted by atomic mass is 16.1. The molecule has 1 aliphatic rings. The van der Waals surface area contributed by atoms with Crippen molar-refractivity contribution in [3.8, 4) is 0 Å². The number of hydrogen-bond acceptors (Lipinski definition) is 4. The van der Waals surface area contributed by atoms with Crippen LogP contribution in [0.1, 0.15) is 25.7 Å². The maximum Gasteiger partial charge on any atom is 0.268 e. The van der Waals surface area contributed by atoms with E-state index in [0.29, 0.717) is 13.0 Å². The molecule has 0 atom stereocenters. The fourth-order valence-corrected chi connectivity index (χ4v) is 2.09. The van der Waals surface area contributed by atoms with Crippen molar-refractivity contribution in [3.63, 3.8) is 0 Å². The number of rotatable bonds is 4. The largest absolute Gasteiger partial charge is 0.370 e. The minimum Gasteiger partial charge on any atom is -0.370 e. The molecule has 5 nitrogen and oxygen atoms in total. The van der Waals surface area contributed by atoms with E-state index in [1.165, 1.54) is 23.9 Å². The van der Waals surface area contributed by atoms with E-state index < -0.39 is 0 Å². The van der Waals surface area contributed by atoms with E-state index in [2.05, 4.69) is 10.00 Å². The highest BCUT2D eigenvalue weighted by Gasteiger charge is 2.12. The Hall–Kier alpha value is -1.65.